The molecule has 5 nitrogen and oxygen atoms in total. The molecule has 0 radical (unpaired) electrons. The molecule has 2 heterocycles. The quantitative estimate of drug-likeness (QED) is 0.436. The van der Waals surface area contributed by atoms with Crippen molar-refractivity contribution in [2.24, 2.45) is 11.0 Å². The van der Waals surface area contributed by atoms with Gasteiger partial charge in [0.2, 0.25) is 0 Å². The smallest absolute Gasteiger partial charge is 0.267 e. The molecule has 4 rings (SSSR count). The van der Waals surface area contributed by atoms with E-state index >= 15 is 0 Å². The van der Waals surface area contributed by atoms with E-state index < -0.39 is 0 Å². The van der Waals surface area contributed by atoms with Crippen molar-refractivity contribution in [3.63, 3.8) is 0 Å². The summed E-state index contributed by atoms with van der Waals surface area (Å²) in [7, 11) is 0. The van der Waals surface area contributed by atoms with E-state index in [9.17, 15) is 4.79 Å². The molecule has 132 valence electrons. The zero-order valence-corrected chi connectivity index (χ0v) is 16.2. The van der Waals surface area contributed by atoms with Crippen LogP contribution in [0.2, 0.25) is 0 Å². The molecule has 1 aromatic heterocycles. The van der Waals surface area contributed by atoms with E-state index in [0.29, 0.717) is 5.56 Å². The number of rotatable bonds is 4. The number of fused-ring (bicyclic) bond motifs is 1. The summed E-state index contributed by atoms with van der Waals surface area (Å²) >= 11 is 5.02. The van der Waals surface area contributed by atoms with Gasteiger partial charge < -0.3 is 0 Å². The molecule has 0 spiro atoms. The van der Waals surface area contributed by atoms with Crippen LogP contribution in [0.3, 0.4) is 0 Å². The summed E-state index contributed by atoms with van der Waals surface area (Å²) in [6.45, 7) is 0.751. The van der Waals surface area contributed by atoms with Gasteiger partial charge in [0.1, 0.15) is 0 Å². The van der Waals surface area contributed by atoms with E-state index in [1.807, 2.05) is 41.8 Å². The van der Waals surface area contributed by atoms with Gasteiger partial charge >= 0.3 is 0 Å². The van der Waals surface area contributed by atoms with Crippen molar-refractivity contribution in [2.75, 3.05) is 6.54 Å². The highest BCUT2D eigenvalue weighted by atomic mass is 79.9. The first-order chi connectivity index (χ1) is 12.7. The van der Waals surface area contributed by atoms with Crippen molar-refractivity contribution < 1.29 is 4.79 Å². The topological polar surface area (TPSA) is 65.5 Å². The minimum Gasteiger partial charge on any atom is -0.267 e. The van der Waals surface area contributed by atoms with Gasteiger partial charge in [-0.15, -0.1) is 11.3 Å². The van der Waals surface area contributed by atoms with Crippen LogP contribution in [0.1, 0.15) is 22.0 Å². The van der Waals surface area contributed by atoms with Crippen LogP contribution < -0.4 is 16.3 Å². The van der Waals surface area contributed by atoms with Crippen LogP contribution in [0.15, 0.2) is 63.5 Å². The molecule has 0 saturated carbocycles. The normalized spacial score (nSPS) is 20.0. The van der Waals surface area contributed by atoms with Crippen molar-refractivity contribution in [3.8, 4) is 0 Å². The lowest BCUT2D eigenvalue weighted by molar-refractivity contribution is 0.0957. The molecule has 2 aromatic carbocycles. The maximum atomic E-state index is 12.4. The van der Waals surface area contributed by atoms with Crippen LogP contribution in [0.4, 0.5) is 0 Å². The molecule has 0 bridgehead atoms. The Hall–Kier alpha value is -2.06. The van der Waals surface area contributed by atoms with Gasteiger partial charge in [0.15, 0.2) is 0 Å². The number of amides is 1. The lowest BCUT2D eigenvalue weighted by Crippen LogP contribution is -2.25. The first kappa shape index (κ1) is 17.4. The Labute approximate surface area is 163 Å². The molecule has 1 fully saturated rings. The molecular weight excluding hydrogens is 412 g/mol. The van der Waals surface area contributed by atoms with Gasteiger partial charge in [0, 0.05) is 38.6 Å². The number of nitrogens with one attached hydrogen (secondary N) is 3. The Bertz CT molecular complexity index is 954. The molecular formula is C19H17BrN4OS. The lowest BCUT2D eigenvalue weighted by atomic mass is 9.96. The van der Waals surface area contributed by atoms with E-state index in [1.54, 1.807) is 17.6 Å². The minimum absolute atomic E-state index is 0.116. The number of hydrogen-bond donors (Lipinski definition) is 3. The Morgan fingerprint density at radius 2 is 2.04 bits per heavy atom. The summed E-state index contributed by atoms with van der Waals surface area (Å²) in [6.07, 6.45) is 1.80. The van der Waals surface area contributed by atoms with Crippen LogP contribution in [-0.2, 0) is 0 Å². The molecule has 2 atom stereocenters. The van der Waals surface area contributed by atoms with Crippen LogP contribution >= 0.6 is 27.3 Å². The maximum Gasteiger partial charge on any atom is 0.272 e. The summed E-state index contributed by atoms with van der Waals surface area (Å²) in [5.41, 5.74) is 10.9. The highest BCUT2D eigenvalue weighted by molar-refractivity contribution is 9.10. The summed E-state index contributed by atoms with van der Waals surface area (Å²) in [5, 5.41) is 7.03. The van der Waals surface area contributed by atoms with Crippen molar-refractivity contribution in [1.82, 2.24) is 16.3 Å². The van der Waals surface area contributed by atoms with Gasteiger partial charge in [-0.3, -0.25) is 10.2 Å². The van der Waals surface area contributed by atoms with Gasteiger partial charge in [-0.05, 0) is 23.8 Å². The minimum atomic E-state index is -0.183. The number of hydrazine groups is 1. The monoisotopic (exact) mass is 428 g/mol. The summed E-state index contributed by atoms with van der Waals surface area (Å²) in [6, 6.07) is 16.2. The third-order valence-corrected chi connectivity index (χ3v) is 5.90. The second kappa shape index (κ2) is 7.67. The fourth-order valence-electron chi connectivity index (χ4n) is 3.06. The van der Waals surface area contributed by atoms with Crippen LogP contribution in [0, 0.1) is 5.92 Å². The Morgan fingerprint density at radius 3 is 2.88 bits per heavy atom. The van der Waals surface area contributed by atoms with Gasteiger partial charge in [-0.1, -0.05) is 46.3 Å². The largest absolute Gasteiger partial charge is 0.272 e. The Morgan fingerprint density at radius 1 is 1.23 bits per heavy atom. The van der Waals surface area contributed by atoms with E-state index in [0.717, 1.165) is 21.1 Å². The Balaban J connectivity index is 1.44. The third-order valence-electron chi connectivity index (χ3n) is 4.41. The SMILES string of the molecule is O=C(N/N=C/C1CNNC1c1ccc(Br)cc1)c1csc2ccccc12. The molecule has 2 unspecified atom stereocenters. The summed E-state index contributed by atoms with van der Waals surface area (Å²) in [4.78, 5) is 12.4. The van der Waals surface area contributed by atoms with Gasteiger partial charge in [-0.2, -0.15) is 5.10 Å². The van der Waals surface area contributed by atoms with Gasteiger partial charge in [-0.25, -0.2) is 10.9 Å². The predicted octanol–water partition coefficient (Wildman–Crippen LogP) is 3.84. The highest BCUT2D eigenvalue weighted by Crippen LogP contribution is 2.26. The van der Waals surface area contributed by atoms with E-state index in [4.69, 9.17) is 0 Å². The molecule has 3 N–H and O–H groups in total. The molecule has 1 aliphatic heterocycles. The fourth-order valence-corrected chi connectivity index (χ4v) is 4.26. The first-order valence-electron chi connectivity index (χ1n) is 8.26. The molecule has 26 heavy (non-hydrogen) atoms. The van der Waals surface area contributed by atoms with E-state index in [2.05, 4.69) is 49.4 Å². The highest BCUT2D eigenvalue weighted by Gasteiger charge is 2.26. The fraction of sp³-hybridized carbons (Fsp3) is 0.158. The van der Waals surface area contributed by atoms with Crippen LogP contribution in [0.25, 0.3) is 10.1 Å². The molecule has 7 heteroatoms. The molecule has 1 amide bonds. The number of hydrogen-bond acceptors (Lipinski definition) is 5. The van der Waals surface area contributed by atoms with Crippen molar-refractivity contribution >= 4 is 49.5 Å². The lowest BCUT2D eigenvalue weighted by Gasteiger charge is -2.15. The average Bonchev–Trinajstić information content (AvgIpc) is 3.29. The van der Waals surface area contributed by atoms with Crippen LogP contribution in [0.5, 0.6) is 0 Å². The summed E-state index contributed by atoms with van der Waals surface area (Å²) < 4.78 is 2.15. The number of thiophene rings is 1. The number of halogens is 1. The van der Waals surface area contributed by atoms with Crippen molar-refractivity contribution in [3.05, 3.63) is 69.5 Å². The molecule has 0 aliphatic carbocycles. The van der Waals surface area contributed by atoms with Crippen LogP contribution in [-0.4, -0.2) is 18.7 Å². The average molecular weight is 429 g/mol. The first-order valence-corrected chi connectivity index (χ1v) is 9.93. The molecule has 3 aromatic rings. The summed E-state index contributed by atoms with van der Waals surface area (Å²) in [5.74, 6) is -0.0338. The number of benzene rings is 2. The number of nitrogens with zero attached hydrogens (tertiary/aromatic N) is 1. The predicted molar refractivity (Wildman–Crippen MR) is 109 cm³/mol. The van der Waals surface area contributed by atoms with E-state index in [1.165, 1.54) is 5.56 Å². The Kier molecular flexibility index (Phi) is 5.12. The molecule has 1 saturated heterocycles. The maximum absolute atomic E-state index is 12.4. The zero-order valence-electron chi connectivity index (χ0n) is 13.8. The number of carbonyl (C=O) groups is 1. The second-order valence-electron chi connectivity index (χ2n) is 6.08. The number of carbonyl (C=O) groups excluding carboxylic acids is 1. The molecule has 1 aliphatic rings. The number of hydrazone groups is 1. The standard InChI is InChI=1S/C19H17BrN4OS/c20-14-7-5-12(6-8-14)18-13(9-21-23-18)10-22-24-19(25)16-11-26-17-4-2-1-3-15(16)17/h1-8,10-11,13,18,21,23H,9H2,(H,24,25)/b22-10+. The van der Waals surface area contributed by atoms with Crippen molar-refractivity contribution in [1.29, 1.82) is 0 Å². The third kappa shape index (κ3) is 3.57. The van der Waals surface area contributed by atoms with Gasteiger partial charge in [0.05, 0.1) is 11.6 Å². The van der Waals surface area contributed by atoms with Crippen molar-refractivity contribution in [2.45, 2.75) is 6.04 Å². The second-order valence-corrected chi connectivity index (χ2v) is 7.91. The zero-order chi connectivity index (χ0) is 17.9. The van der Waals surface area contributed by atoms with E-state index in [-0.39, 0.29) is 17.9 Å². The van der Waals surface area contributed by atoms with Gasteiger partial charge in [0.25, 0.3) is 5.91 Å².